The third kappa shape index (κ3) is 3.15. The van der Waals surface area contributed by atoms with Gasteiger partial charge in [-0.1, -0.05) is 0 Å². The molecule has 31 heavy (non-hydrogen) atoms. The molecule has 0 amide bonds. The number of hydrogen-bond donors (Lipinski definition) is 4. The molecule has 1 fully saturated rings. The number of pyridine rings is 1. The number of nitrogen functional groups attached to an aromatic ring is 1. The summed E-state index contributed by atoms with van der Waals surface area (Å²) in [6, 6.07) is 2.22. The van der Waals surface area contributed by atoms with Gasteiger partial charge in [0.2, 0.25) is 0 Å². The standard InChI is InChI=1S/C22H24F2N4O3/c1-10-9-28(22-18(10)14(25)3-5-27-22)15-7-17(21(30)20(15)29)31-16-6-13(23)19(24)11-2-4-26-8-12(11)16/h3,5-6,9,15,17,20-21,26,29-30H,2,4,7-8H2,1H3,(H2,25,27). The van der Waals surface area contributed by atoms with E-state index in [0.717, 1.165) is 17.0 Å². The lowest BCUT2D eigenvalue weighted by Crippen LogP contribution is -2.35. The number of aliphatic hydroxyl groups excluding tert-OH is 2. The molecule has 1 aromatic carbocycles. The molecule has 0 saturated heterocycles. The first-order chi connectivity index (χ1) is 14.9. The summed E-state index contributed by atoms with van der Waals surface area (Å²) >= 11 is 0. The van der Waals surface area contributed by atoms with Crippen molar-refractivity contribution in [2.45, 2.75) is 50.7 Å². The molecule has 0 bridgehead atoms. The fourth-order valence-electron chi connectivity index (χ4n) is 4.85. The van der Waals surface area contributed by atoms with E-state index >= 15 is 0 Å². The summed E-state index contributed by atoms with van der Waals surface area (Å²) < 4.78 is 36.2. The SMILES string of the molecule is Cc1cn(C2CC(Oc3cc(F)c(F)c4c3CNCC4)C(O)C2O)c2nccc(N)c12. The van der Waals surface area contributed by atoms with Gasteiger partial charge in [-0.25, -0.2) is 13.8 Å². The number of halogens is 2. The van der Waals surface area contributed by atoms with Gasteiger partial charge in [-0.15, -0.1) is 0 Å². The molecule has 3 heterocycles. The molecule has 4 atom stereocenters. The van der Waals surface area contributed by atoms with Crippen molar-refractivity contribution in [3.8, 4) is 5.75 Å². The van der Waals surface area contributed by atoms with Crippen LogP contribution in [0.2, 0.25) is 0 Å². The largest absolute Gasteiger partial charge is 0.487 e. The molecule has 164 valence electrons. The van der Waals surface area contributed by atoms with Gasteiger partial charge in [0.15, 0.2) is 11.6 Å². The number of rotatable bonds is 3. The van der Waals surface area contributed by atoms with Gasteiger partial charge >= 0.3 is 0 Å². The van der Waals surface area contributed by atoms with Crippen molar-refractivity contribution in [2.24, 2.45) is 0 Å². The Kier molecular flexibility index (Phi) is 4.84. The van der Waals surface area contributed by atoms with Gasteiger partial charge < -0.3 is 30.6 Å². The smallest absolute Gasteiger partial charge is 0.162 e. The second kappa shape index (κ2) is 7.44. The lowest BCUT2D eigenvalue weighted by atomic mass is 9.99. The monoisotopic (exact) mass is 430 g/mol. The molecule has 4 unspecified atom stereocenters. The molecule has 0 radical (unpaired) electrons. The van der Waals surface area contributed by atoms with E-state index in [0.29, 0.717) is 42.0 Å². The summed E-state index contributed by atoms with van der Waals surface area (Å²) in [6.07, 6.45) is 0.945. The average Bonchev–Trinajstić information content (AvgIpc) is 3.24. The van der Waals surface area contributed by atoms with Crippen LogP contribution in [-0.4, -0.2) is 44.6 Å². The van der Waals surface area contributed by atoms with Crippen LogP contribution in [-0.2, 0) is 13.0 Å². The quantitative estimate of drug-likeness (QED) is 0.506. The molecule has 1 aliphatic carbocycles. The van der Waals surface area contributed by atoms with E-state index in [-0.39, 0.29) is 12.2 Å². The summed E-state index contributed by atoms with van der Waals surface area (Å²) in [6.45, 7) is 2.81. The molecule has 0 spiro atoms. The topological polar surface area (TPSA) is 106 Å². The van der Waals surface area contributed by atoms with Crippen LogP contribution in [0.4, 0.5) is 14.5 Å². The van der Waals surface area contributed by atoms with Gasteiger partial charge in [-0.3, -0.25) is 0 Å². The lowest BCUT2D eigenvalue weighted by Gasteiger charge is -2.25. The van der Waals surface area contributed by atoms with E-state index in [1.165, 1.54) is 0 Å². The van der Waals surface area contributed by atoms with Crippen molar-refractivity contribution in [2.75, 3.05) is 12.3 Å². The molecule has 5 N–H and O–H groups in total. The van der Waals surface area contributed by atoms with Crippen LogP contribution >= 0.6 is 0 Å². The highest BCUT2D eigenvalue weighted by Crippen LogP contribution is 2.39. The molecule has 7 nitrogen and oxygen atoms in total. The van der Waals surface area contributed by atoms with Crippen molar-refractivity contribution >= 4 is 16.7 Å². The Labute approximate surface area is 177 Å². The van der Waals surface area contributed by atoms with Gasteiger partial charge in [0.05, 0.1) is 6.04 Å². The maximum Gasteiger partial charge on any atom is 0.162 e. The zero-order valence-electron chi connectivity index (χ0n) is 17.0. The van der Waals surface area contributed by atoms with Crippen molar-refractivity contribution in [3.05, 3.63) is 52.9 Å². The van der Waals surface area contributed by atoms with E-state index < -0.39 is 36.0 Å². The Bertz CT molecular complexity index is 1170. The van der Waals surface area contributed by atoms with Crippen molar-refractivity contribution in [1.29, 1.82) is 0 Å². The zero-order chi connectivity index (χ0) is 21.9. The molecule has 5 rings (SSSR count). The number of benzene rings is 1. The van der Waals surface area contributed by atoms with Crippen LogP contribution < -0.4 is 15.8 Å². The predicted octanol–water partition coefficient (Wildman–Crippen LogP) is 1.97. The van der Waals surface area contributed by atoms with Crippen molar-refractivity contribution in [1.82, 2.24) is 14.9 Å². The maximum atomic E-state index is 14.2. The van der Waals surface area contributed by atoms with Crippen LogP contribution in [0.5, 0.6) is 5.75 Å². The van der Waals surface area contributed by atoms with Crippen LogP contribution in [0, 0.1) is 18.6 Å². The first kappa shape index (κ1) is 20.2. The van der Waals surface area contributed by atoms with Gasteiger partial charge in [-0.2, -0.15) is 0 Å². The first-order valence-electron chi connectivity index (χ1n) is 10.3. The van der Waals surface area contributed by atoms with Gasteiger partial charge in [-0.05, 0) is 31.5 Å². The maximum absolute atomic E-state index is 14.2. The van der Waals surface area contributed by atoms with E-state index in [4.69, 9.17) is 10.5 Å². The molecular formula is C22H24F2N4O3. The van der Waals surface area contributed by atoms with Gasteiger partial charge in [0.1, 0.15) is 29.7 Å². The van der Waals surface area contributed by atoms with E-state index in [1.54, 1.807) is 16.8 Å². The Morgan fingerprint density at radius 1 is 1.26 bits per heavy atom. The molecule has 2 aliphatic rings. The summed E-state index contributed by atoms with van der Waals surface area (Å²) in [4.78, 5) is 4.40. The molecule has 2 aromatic heterocycles. The molecule has 9 heteroatoms. The van der Waals surface area contributed by atoms with Crippen LogP contribution in [0.3, 0.4) is 0 Å². The fraction of sp³-hybridized carbons (Fsp3) is 0.409. The third-order valence-corrected chi connectivity index (χ3v) is 6.42. The Morgan fingerprint density at radius 3 is 2.87 bits per heavy atom. The number of ether oxygens (including phenoxy) is 1. The van der Waals surface area contributed by atoms with Crippen LogP contribution in [0.15, 0.2) is 24.5 Å². The number of aryl methyl sites for hydroxylation is 1. The minimum absolute atomic E-state index is 0.189. The van der Waals surface area contributed by atoms with Gasteiger partial charge in [0, 0.05) is 53.6 Å². The Balaban J connectivity index is 1.48. The Morgan fingerprint density at radius 2 is 2.06 bits per heavy atom. The highest BCUT2D eigenvalue weighted by molar-refractivity contribution is 5.91. The Hall–Kier alpha value is -2.75. The summed E-state index contributed by atoms with van der Waals surface area (Å²) in [5.41, 5.74) is 9.04. The van der Waals surface area contributed by atoms with E-state index in [1.807, 2.05) is 13.1 Å². The normalized spacial score (nSPS) is 25.7. The highest BCUT2D eigenvalue weighted by Gasteiger charge is 2.45. The highest BCUT2D eigenvalue weighted by atomic mass is 19.2. The summed E-state index contributed by atoms with van der Waals surface area (Å²) in [5, 5.41) is 25.4. The molecular weight excluding hydrogens is 406 g/mol. The summed E-state index contributed by atoms with van der Waals surface area (Å²) in [7, 11) is 0. The number of anilines is 1. The minimum Gasteiger partial charge on any atom is -0.487 e. The van der Waals surface area contributed by atoms with Crippen molar-refractivity contribution < 1.29 is 23.7 Å². The molecule has 1 saturated carbocycles. The molecule has 3 aromatic rings. The number of aliphatic hydroxyl groups is 2. The van der Waals surface area contributed by atoms with Crippen LogP contribution in [0.1, 0.15) is 29.2 Å². The van der Waals surface area contributed by atoms with E-state index in [9.17, 15) is 19.0 Å². The third-order valence-electron chi connectivity index (χ3n) is 6.42. The fourth-order valence-corrected chi connectivity index (χ4v) is 4.85. The van der Waals surface area contributed by atoms with Crippen LogP contribution in [0.25, 0.3) is 11.0 Å². The lowest BCUT2D eigenvalue weighted by molar-refractivity contribution is -0.0167. The van der Waals surface area contributed by atoms with Gasteiger partial charge in [0.25, 0.3) is 0 Å². The predicted molar refractivity (Wildman–Crippen MR) is 111 cm³/mol. The number of nitrogens with one attached hydrogen (secondary N) is 1. The average molecular weight is 430 g/mol. The number of nitrogens with two attached hydrogens (primary N) is 1. The number of aromatic nitrogens is 2. The number of hydrogen-bond acceptors (Lipinski definition) is 6. The number of fused-ring (bicyclic) bond motifs is 2. The first-order valence-corrected chi connectivity index (χ1v) is 10.3. The zero-order valence-corrected chi connectivity index (χ0v) is 17.0. The second-order valence-electron chi connectivity index (χ2n) is 8.31. The van der Waals surface area contributed by atoms with Crippen molar-refractivity contribution in [3.63, 3.8) is 0 Å². The molecule has 1 aliphatic heterocycles. The second-order valence-corrected chi connectivity index (χ2v) is 8.31. The number of nitrogens with zero attached hydrogens (tertiary/aromatic N) is 2. The summed E-state index contributed by atoms with van der Waals surface area (Å²) in [5.74, 6) is -1.65. The minimum atomic E-state index is -1.20. The van der Waals surface area contributed by atoms with E-state index in [2.05, 4.69) is 10.3 Å².